The number of para-hydroxylation sites is 2. The summed E-state index contributed by atoms with van der Waals surface area (Å²) in [5.41, 5.74) is 2.54. The number of nitrogens with zero attached hydrogens (tertiary/aromatic N) is 2. The summed E-state index contributed by atoms with van der Waals surface area (Å²) < 4.78 is 17.8. The van der Waals surface area contributed by atoms with Crippen LogP contribution in [-0.2, 0) is 11.8 Å². The molecule has 0 unspecified atom stereocenters. The zero-order valence-corrected chi connectivity index (χ0v) is 18.4. The van der Waals surface area contributed by atoms with Crippen molar-refractivity contribution in [2.45, 2.75) is 6.92 Å². The van der Waals surface area contributed by atoms with Gasteiger partial charge in [0, 0.05) is 13.2 Å². The number of carbonyl (C=O) groups is 2. The normalized spacial score (nSPS) is 10.8. The van der Waals surface area contributed by atoms with Crippen molar-refractivity contribution in [1.82, 2.24) is 9.78 Å². The van der Waals surface area contributed by atoms with Crippen LogP contribution in [0.2, 0.25) is 0 Å². The molecule has 0 saturated heterocycles. The molecular formula is C24H25N3O5. The summed E-state index contributed by atoms with van der Waals surface area (Å²) in [5.74, 6) is 0.947. The lowest BCUT2D eigenvalue weighted by Crippen LogP contribution is -2.20. The number of nitrogens with one attached hydrogen (secondary N) is 1. The van der Waals surface area contributed by atoms with Crippen molar-refractivity contribution in [2.24, 2.45) is 7.05 Å². The molecular weight excluding hydrogens is 410 g/mol. The molecule has 0 aliphatic carbocycles. The molecule has 1 amide bonds. The largest absolute Gasteiger partial charge is 0.495 e. The number of rotatable bonds is 9. The molecule has 0 bridgehead atoms. The average Bonchev–Trinajstić information content (AvgIpc) is 3.14. The highest BCUT2D eigenvalue weighted by Gasteiger charge is 2.12. The van der Waals surface area contributed by atoms with Gasteiger partial charge in [-0.25, -0.2) is 0 Å². The van der Waals surface area contributed by atoms with E-state index in [4.69, 9.17) is 14.2 Å². The Morgan fingerprint density at radius 3 is 2.50 bits per heavy atom. The molecule has 0 spiro atoms. The number of aryl methyl sites for hydroxylation is 2. The van der Waals surface area contributed by atoms with Gasteiger partial charge in [-0.1, -0.05) is 24.3 Å². The maximum absolute atomic E-state index is 12.4. The van der Waals surface area contributed by atoms with E-state index in [0.29, 0.717) is 34.2 Å². The van der Waals surface area contributed by atoms with Gasteiger partial charge >= 0.3 is 0 Å². The summed E-state index contributed by atoms with van der Waals surface area (Å²) in [5, 5.41) is 6.93. The first-order valence-corrected chi connectivity index (χ1v) is 9.87. The fourth-order valence-corrected chi connectivity index (χ4v) is 3.09. The average molecular weight is 435 g/mol. The molecule has 2 aromatic carbocycles. The van der Waals surface area contributed by atoms with E-state index in [2.05, 4.69) is 10.4 Å². The number of carbonyl (C=O) groups excluding carboxylic acids is 2. The van der Waals surface area contributed by atoms with Crippen LogP contribution in [0, 0.1) is 6.92 Å². The third-order valence-electron chi connectivity index (χ3n) is 4.63. The van der Waals surface area contributed by atoms with Gasteiger partial charge in [-0.2, -0.15) is 5.10 Å². The molecule has 0 saturated carbocycles. The topological polar surface area (TPSA) is 91.7 Å². The van der Waals surface area contributed by atoms with Crippen molar-refractivity contribution in [3.05, 3.63) is 71.6 Å². The summed E-state index contributed by atoms with van der Waals surface area (Å²) in [4.78, 5) is 24.7. The third kappa shape index (κ3) is 5.54. The minimum atomic E-state index is -0.335. The number of ether oxygens (including phenoxy) is 3. The number of ketones is 1. The number of allylic oxidation sites excluding steroid dienone is 1. The van der Waals surface area contributed by atoms with E-state index < -0.39 is 0 Å². The second-order valence-electron chi connectivity index (χ2n) is 6.95. The second kappa shape index (κ2) is 10.3. The maximum Gasteiger partial charge on any atom is 0.262 e. The Labute approximate surface area is 186 Å². The third-order valence-corrected chi connectivity index (χ3v) is 4.63. The lowest BCUT2D eigenvalue weighted by molar-refractivity contribution is -0.118. The fourth-order valence-electron chi connectivity index (χ4n) is 3.09. The van der Waals surface area contributed by atoms with Gasteiger partial charge in [-0.3, -0.25) is 14.3 Å². The molecule has 3 rings (SSSR count). The van der Waals surface area contributed by atoms with Gasteiger partial charge in [0.05, 0.1) is 31.2 Å². The minimum Gasteiger partial charge on any atom is -0.495 e. The Morgan fingerprint density at radius 2 is 1.81 bits per heavy atom. The number of methoxy groups -OCH3 is 2. The predicted molar refractivity (Wildman–Crippen MR) is 121 cm³/mol. The van der Waals surface area contributed by atoms with E-state index in [1.54, 1.807) is 67.3 Å². The number of hydrogen-bond donors (Lipinski definition) is 1. The van der Waals surface area contributed by atoms with Crippen molar-refractivity contribution < 1.29 is 23.8 Å². The molecule has 0 atom stereocenters. The van der Waals surface area contributed by atoms with Crippen LogP contribution in [0.5, 0.6) is 17.2 Å². The summed E-state index contributed by atoms with van der Waals surface area (Å²) >= 11 is 0. The number of anilines is 1. The standard InChI is InChI=1S/C24H25N3O5/c1-16-18(14-27(2)26-16)20(28)11-9-17-10-12-22(23(13-17)31-4)32-15-24(29)25-19-7-5-6-8-21(19)30-3/h5-14H,15H2,1-4H3,(H,25,29)/b11-9+. The summed E-state index contributed by atoms with van der Waals surface area (Å²) in [6.07, 6.45) is 4.87. The van der Waals surface area contributed by atoms with E-state index in [9.17, 15) is 9.59 Å². The first-order chi connectivity index (χ1) is 15.4. The van der Waals surface area contributed by atoms with Crippen LogP contribution in [0.25, 0.3) is 6.08 Å². The van der Waals surface area contributed by atoms with Crippen LogP contribution >= 0.6 is 0 Å². The van der Waals surface area contributed by atoms with Crippen molar-refractivity contribution in [1.29, 1.82) is 0 Å². The van der Waals surface area contributed by atoms with E-state index in [-0.39, 0.29) is 18.3 Å². The van der Waals surface area contributed by atoms with Crippen LogP contribution in [0.1, 0.15) is 21.6 Å². The summed E-state index contributed by atoms with van der Waals surface area (Å²) in [6.45, 7) is 1.59. The van der Waals surface area contributed by atoms with E-state index in [1.165, 1.54) is 20.3 Å². The molecule has 166 valence electrons. The van der Waals surface area contributed by atoms with Gasteiger partial charge in [0.1, 0.15) is 5.75 Å². The van der Waals surface area contributed by atoms with Crippen LogP contribution < -0.4 is 19.5 Å². The number of hydrogen-bond acceptors (Lipinski definition) is 6. The Kier molecular flexibility index (Phi) is 7.28. The second-order valence-corrected chi connectivity index (χ2v) is 6.95. The van der Waals surface area contributed by atoms with Crippen LogP contribution in [0.4, 0.5) is 5.69 Å². The number of amides is 1. The van der Waals surface area contributed by atoms with E-state index in [1.807, 2.05) is 6.07 Å². The molecule has 8 heteroatoms. The molecule has 1 aromatic heterocycles. The first kappa shape index (κ1) is 22.6. The van der Waals surface area contributed by atoms with Crippen LogP contribution in [0.15, 0.2) is 54.7 Å². The van der Waals surface area contributed by atoms with Crippen molar-refractivity contribution in [2.75, 3.05) is 26.1 Å². The molecule has 0 aliphatic rings. The molecule has 0 fully saturated rings. The van der Waals surface area contributed by atoms with E-state index >= 15 is 0 Å². The number of benzene rings is 2. The van der Waals surface area contributed by atoms with E-state index in [0.717, 1.165) is 5.56 Å². The van der Waals surface area contributed by atoms with Gasteiger partial charge in [0.25, 0.3) is 5.91 Å². The SMILES string of the molecule is COc1ccccc1NC(=O)COc1ccc(/C=C/C(=O)c2cn(C)nc2C)cc1OC. The van der Waals surface area contributed by atoms with Crippen LogP contribution in [-0.4, -0.2) is 42.3 Å². The highest BCUT2D eigenvalue weighted by molar-refractivity contribution is 6.07. The number of aromatic nitrogens is 2. The molecule has 32 heavy (non-hydrogen) atoms. The highest BCUT2D eigenvalue weighted by atomic mass is 16.5. The molecule has 1 N–H and O–H groups in total. The Hall–Kier alpha value is -4.07. The summed E-state index contributed by atoms with van der Waals surface area (Å²) in [6, 6.07) is 12.3. The van der Waals surface area contributed by atoms with Crippen LogP contribution in [0.3, 0.4) is 0 Å². The Balaban J connectivity index is 1.64. The lowest BCUT2D eigenvalue weighted by Gasteiger charge is -2.13. The quantitative estimate of drug-likeness (QED) is 0.407. The first-order valence-electron chi connectivity index (χ1n) is 9.87. The van der Waals surface area contributed by atoms with Crippen molar-refractivity contribution >= 4 is 23.5 Å². The predicted octanol–water partition coefficient (Wildman–Crippen LogP) is 3.66. The van der Waals surface area contributed by atoms with Gasteiger partial charge < -0.3 is 19.5 Å². The smallest absolute Gasteiger partial charge is 0.262 e. The minimum absolute atomic E-state index is 0.136. The highest BCUT2D eigenvalue weighted by Crippen LogP contribution is 2.29. The Morgan fingerprint density at radius 1 is 1.06 bits per heavy atom. The van der Waals surface area contributed by atoms with Gasteiger partial charge in [0.15, 0.2) is 23.9 Å². The van der Waals surface area contributed by atoms with Gasteiger partial charge in [0.2, 0.25) is 0 Å². The molecule has 0 radical (unpaired) electrons. The van der Waals surface area contributed by atoms with Gasteiger partial charge in [-0.15, -0.1) is 0 Å². The van der Waals surface area contributed by atoms with Gasteiger partial charge in [-0.05, 0) is 42.8 Å². The zero-order valence-electron chi connectivity index (χ0n) is 18.4. The fraction of sp³-hybridized carbons (Fsp3) is 0.208. The Bertz CT molecular complexity index is 1150. The molecule has 0 aliphatic heterocycles. The lowest BCUT2D eigenvalue weighted by atomic mass is 10.1. The zero-order chi connectivity index (χ0) is 23.1. The molecule has 1 heterocycles. The van der Waals surface area contributed by atoms with Crippen molar-refractivity contribution in [3.63, 3.8) is 0 Å². The van der Waals surface area contributed by atoms with Crippen molar-refractivity contribution in [3.8, 4) is 17.2 Å². The monoisotopic (exact) mass is 435 g/mol. The molecule has 3 aromatic rings. The summed E-state index contributed by atoms with van der Waals surface area (Å²) in [7, 11) is 4.82. The molecule has 8 nitrogen and oxygen atoms in total. The maximum atomic E-state index is 12.4.